The summed E-state index contributed by atoms with van der Waals surface area (Å²) in [5.74, 6) is -0.150. The van der Waals surface area contributed by atoms with Crippen molar-refractivity contribution in [1.82, 2.24) is 10.1 Å². The average molecular weight is 337 g/mol. The van der Waals surface area contributed by atoms with E-state index in [0.29, 0.717) is 16.4 Å². The molecule has 0 fully saturated rings. The van der Waals surface area contributed by atoms with Crippen LogP contribution in [0.25, 0.3) is 21.2 Å². The smallest absolute Gasteiger partial charge is 0.232 e. The molecule has 2 aromatic carbocycles. The third kappa shape index (κ3) is 2.65. The van der Waals surface area contributed by atoms with E-state index in [9.17, 15) is 4.79 Å². The summed E-state index contributed by atoms with van der Waals surface area (Å²) < 4.78 is 6.39. The first-order valence-electron chi connectivity index (χ1n) is 7.61. The molecule has 0 aliphatic rings. The molecule has 2 heterocycles. The summed E-state index contributed by atoms with van der Waals surface area (Å²) in [6.45, 7) is 4.06. The van der Waals surface area contributed by atoms with Crippen molar-refractivity contribution < 1.29 is 9.32 Å². The molecule has 0 unspecified atom stereocenters. The molecule has 4 aromatic rings. The number of aryl methyl sites for hydroxylation is 2. The van der Waals surface area contributed by atoms with Crippen LogP contribution in [0.4, 0.5) is 5.13 Å². The topological polar surface area (TPSA) is 68.0 Å². The first-order valence-corrected chi connectivity index (χ1v) is 8.43. The summed E-state index contributed by atoms with van der Waals surface area (Å²) >= 11 is 1.46. The van der Waals surface area contributed by atoms with Gasteiger partial charge in [0, 0.05) is 5.39 Å². The Balaban J connectivity index is 1.56. The van der Waals surface area contributed by atoms with E-state index in [1.165, 1.54) is 11.3 Å². The van der Waals surface area contributed by atoms with Crippen molar-refractivity contribution in [3.63, 3.8) is 0 Å². The predicted octanol–water partition coefficient (Wildman–Crippen LogP) is 4.24. The quantitative estimate of drug-likeness (QED) is 0.607. The number of hydrogen-bond acceptors (Lipinski definition) is 5. The van der Waals surface area contributed by atoms with Gasteiger partial charge in [-0.25, -0.2) is 4.98 Å². The minimum Gasteiger partial charge on any atom is -0.356 e. The minimum atomic E-state index is -0.150. The number of rotatable bonds is 3. The lowest BCUT2D eigenvalue weighted by molar-refractivity contribution is -0.115. The number of nitrogens with one attached hydrogen (secondary N) is 1. The number of amides is 1. The second kappa shape index (κ2) is 5.72. The third-order valence-corrected chi connectivity index (χ3v) is 4.98. The van der Waals surface area contributed by atoms with Gasteiger partial charge in [0.05, 0.1) is 16.6 Å². The Labute approximate surface area is 142 Å². The van der Waals surface area contributed by atoms with Gasteiger partial charge < -0.3 is 9.84 Å². The summed E-state index contributed by atoms with van der Waals surface area (Å²) in [6.07, 6.45) is 0.158. The highest BCUT2D eigenvalue weighted by atomic mass is 32.1. The fourth-order valence-electron chi connectivity index (χ4n) is 2.61. The van der Waals surface area contributed by atoms with Crippen LogP contribution in [0.3, 0.4) is 0 Å². The van der Waals surface area contributed by atoms with E-state index in [2.05, 4.69) is 15.5 Å². The van der Waals surface area contributed by atoms with Crippen molar-refractivity contribution >= 4 is 43.6 Å². The summed E-state index contributed by atoms with van der Waals surface area (Å²) in [5.41, 5.74) is 4.53. The molecule has 24 heavy (non-hydrogen) atoms. The standard InChI is InChI=1S/C18H15N3O2S/c1-10-7-12-14(21-23-15(12)8-11(10)2)9-17(22)20-18-19-13-5-3-4-6-16(13)24-18/h3-8H,9H2,1-2H3,(H,19,20,22). The molecule has 120 valence electrons. The van der Waals surface area contributed by atoms with Crippen molar-refractivity contribution in [3.8, 4) is 0 Å². The first kappa shape index (κ1) is 14.8. The number of para-hydroxylation sites is 1. The van der Waals surface area contributed by atoms with Gasteiger partial charge in [0.25, 0.3) is 0 Å². The van der Waals surface area contributed by atoms with Crippen LogP contribution in [0.1, 0.15) is 16.8 Å². The highest BCUT2D eigenvalue weighted by Crippen LogP contribution is 2.26. The molecule has 2 aromatic heterocycles. The number of carbonyl (C=O) groups is 1. The van der Waals surface area contributed by atoms with Crippen LogP contribution in [-0.2, 0) is 11.2 Å². The van der Waals surface area contributed by atoms with Gasteiger partial charge in [-0.15, -0.1) is 0 Å². The summed E-state index contributed by atoms with van der Waals surface area (Å²) in [5, 5.41) is 8.38. The van der Waals surface area contributed by atoms with Crippen molar-refractivity contribution in [1.29, 1.82) is 0 Å². The van der Waals surface area contributed by atoms with Crippen LogP contribution in [-0.4, -0.2) is 16.0 Å². The summed E-state index contributed by atoms with van der Waals surface area (Å²) in [4.78, 5) is 16.7. The van der Waals surface area contributed by atoms with E-state index in [1.54, 1.807) is 0 Å². The molecule has 0 aliphatic carbocycles. The second-order valence-corrected chi connectivity index (χ2v) is 6.80. The van der Waals surface area contributed by atoms with Crippen molar-refractivity contribution in [2.45, 2.75) is 20.3 Å². The van der Waals surface area contributed by atoms with Gasteiger partial charge in [0.2, 0.25) is 5.91 Å². The minimum absolute atomic E-state index is 0.150. The maximum atomic E-state index is 12.3. The summed E-state index contributed by atoms with van der Waals surface area (Å²) in [6, 6.07) is 11.8. The number of aromatic nitrogens is 2. The predicted molar refractivity (Wildman–Crippen MR) is 95.4 cm³/mol. The van der Waals surface area contributed by atoms with Crippen LogP contribution < -0.4 is 5.32 Å². The third-order valence-electron chi connectivity index (χ3n) is 4.03. The highest BCUT2D eigenvalue weighted by Gasteiger charge is 2.15. The van der Waals surface area contributed by atoms with Gasteiger partial charge in [-0.05, 0) is 49.2 Å². The van der Waals surface area contributed by atoms with Crippen LogP contribution in [0.15, 0.2) is 40.9 Å². The van der Waals surface area contributed by atoms with Gasteiger partial charge in [0.15, 0.2) is 10.7 Å². The fourth-order valence-corrected chi connectivity index (χ4v) is 3.49. The zero-order valence-electron chi connectivity index (χ0n) is 13.3. The van der Waals surface area contributed by atoms with Crippen molar-refractivity contribution in [2.24, 2.45) is 0 Å². The largest absolute Gasteiger partial charge is 0.356 e. The molecule has 0 bridgehead atoms. The molecule has 0 radical (unpaired) electrons. The monoisotopic (exact) mass is 337 g/mol. The normalized spacial score (nSPS) is 11.2. The Hall–Kier alpha value is -2.73. The molecule has 6 heteroatoms. The lowest BCUT2D eigenvalue weighted by Crippen LogP contribution is -2.14. The molecular formula is C18H15N3O2S. The number of benzene rings is 2. The van der Waals surface area contributed by atoms with E-state index in [-0.39, 0.29) is 12.3 Å². The molecule has 5 nitrogen and oxygen atoms in total. The number of anilines is 1. The maximum absolute atomic E-state index is 12.3. The molecular weight excluding hydrogens is 322 g/mol. The summed E-state index contributed by atoms with van der Waals surface area (Å²) in [7, 11) is 0. The van der Waals surface area contributed by atoms with Crippen LogP contribution in [0, 0.1) is 13.8 Å². The van der Waals surface area contributed by atoms with Crippen molar-refractivity contribution in [3.05, 3.63) is 53.2 Å². The Morgan fingerprint density at radius 2 is 2.00 bits per heavy atom. The number of hydrogen-bond donors (Lipinski definition) is 1. The first-order chi connectivity index (χ1) is 11.6. The highest BCUT2D eigenvalue weighted by molar-refractivity contribution is 7.22. The molecule has 1 N–H and O–H groups in total. The average Bonchev–Trinajstić information content (AvgIpc) is 3.12. The van der Waals surface area contributed by atoms with Gasteiger partial charge in [-0.2, -0.15) is 0 Å². The van der Waals surface area contributed by atoms with E-state index in [1.807, 2.05) is 50.2 Å². The van der Waals surface area contributed by atoms with E-state index >= 15 is 0 Å². The van der Waals surface area contributed by atoms with Crippen LogP contribution in [0.5, 0.6) is 0 Å². The Kier molecular flexibility index (Phi) is 3.54. The van der Waals surface area contributed by atoms with Crippen LogP contribution in [0.2, 0.25) is 0 Å². The molecule has 4 rings (SSSR count). The molecule has 0 saturated heterocycles. The maximum Gasteiger partial charge on any atom is 0.232 e. The van der Waals surface area contributed by atoms with E-state index in [4.69, 9.17) is 4.52 Å². The molecule has 0 atom stereocenters. The van der Waals surface area contributed by atoms with Gasteiger partial charge in [0.1, 0.15) is 5.69 Å². The number of thiazole rings is 1. The molecule has 0 saturated carbocycles. The zero-order valence-corrected chi connectivity index (χ0v) is 14.1. The Bertz CT molecular complexity index is 1030. The van der Waals surface area contributed by atoms with Gasteiger partial charge in [-0.1, -0.05) is 28.6 Å². The zero-order chi connectivity index (χ0) is 16.7. The lowest BCUT2D eigenvalue weighted by atomic mass is 10.1. The molecule has 0 spiro atoms. The SMILES string of the molecule is Cc1cc2onc(CC(=O)Nc3nc4ccccc4s3)c2cc1C. The number of carbonyl (C=O) groups excluding carboxylic acids is 1. The Morgan fingerprint density at radius 1 is 1.21 bits per heavy atom. The van der Waals surface area contributed by atoms with Crippen LogP contribution >= 0.6 is 11.3 Å². The van der Waals surface area contributed by atoms with Crippen molar-refractivity contribution in [2.75, 3.05) is 5.32 Å². The fraction of sp³-hybridized carbons (Fsp3) is 0.167. The Morgan fingerprint density at radius 3 is 2.83 bits per heavy atom. The molecule has 1 amide bonds. The van der Waals surface area contributed by atoms with Gasteiger partial charge >= 0.3 is 0 Å². The number of nitrogens with zero attached hydrogens (tertiary/aromatic N) is 2. The van der Waals surface area contributed by atoms with E-state index in [0.717, 1.165) is 26.7 Å². The second-order valence-electron chi connectivity index (χ2n) is 5.77. The lowest BCUT2D eigenvalue weighted by Gasteiger charge is -2.01. The molecule has 0 aliphatic heterocycles. The van der Waals surface area contributed by atoms with Gasteiger partial charge in [-0.3, -0.25) is 4.79 Å². The number of fused-ring (bicyclic) bond motifs is 2. The van der Waals surface area contributed by atoms with E-state index < -0.39 is 0 Å².